The SMILES string of the molecule is O=C(CCc1cccnc1)c1ccc(OC2CC2)cc1. The fourth-order valence-electron chi connectivity index (χ4n) is 2.05. The Hall–Kier alpha value is -2.16. The van der Waals surface area contributed by atoms with Crippen molar-refractivity contribution in [2.45, 2.75) is 31.8 Å². The average Bonchev–Trinajstić information content (AvgIpc) is 3.31. The first-order valence-electron chi connectivity index (χ1n) is 7.00. The molecule has 0 amide bonds. The molecule has 1 fully saturated rings. The molecule has 0 radical (unpaired) electrons. The monoisotopic (exact) mass is 267 g/mol. The fourth-order valence-corrected chi connectivity index (χ4v) is 2.05. The molecule has 1 aromatic carbocycles. The summed E-state index contributed by atoms with van der Waals surface area (Å²) in [6.45, 7) is 0. The van der Waals surface area contributed by atoms with Gasteiger partial charge in [0.15, 0.2) is 5.78 Å². The van der Waals surface area contributed by atoms with Gasteiger partial charge in [0.25, 0.3) is 0 Å². The second-order valence-corrected chi connectivity index (χ2v) is 5.13. The van der Waals surface area contributed by atoms with Crippen LogP contribution in [0.3, 0.4) is 0 Å². The molecule has 1 aromatic heterocycles. The van der Waals surface area contributed by atoms with Crippen molar-refractivity contribution in [3.63, 3.8) is 0 Å². The highest BCUT2D eigenvalue weighted by Gasteiger charge is 2.23. The molecule has 1 saturated carbocycles. The largest absolute Gasteiger partial charge is 0.490 e. The van der Waals surface area contributed by atoms with Crippen LogP contribution in [0.1, 0.15) is 35.2 Å². The van der Waals surface area contributed by atoms with Gasteiger partial charge >= 0.3 is 0 Å². The van der Waals surface area contributed by atoms with E-state index in [1.54, 1.807) is 12.4 Å². The first kappa shape index (κ1) is 12.9. The maximum absolute atomic E-state index is 12.1. The molecule has 0 saturated heterocycles. The van der Waals surface area contributed by atoms with Gasteiger partial charge in [-0.1, -0.05) is 6.07 Å². The highest BCUT2D eigenvalue weighted by Crippen LogP contribution is 2.26. The Morgan fingerprint density at radius 2 is 2.00 bits per heavy atom. The number of hydrogen-bond acceptors (Lipinski definition) is 3. The van der Waals surface area contributed by atoms with Crippen molar-refractivity contribution >= 4 is 5.78 Å². The lowest BCUT2D eigenvalue weighted by atomic mass is 10.0. The highest BCUT2D eigenvalue weighted by molar-refractivity contribution is 5.96. The standard InChI is InChI=1S/C17H17NO2/c19-17(10-3-13-2-1-11-18-12-13)14-4-6-15(7-5-14)20-16-8-9-16/h1-2,4-7,11-12,16H,3,8-10H2. The van der Waals surface area contributed by atoms with Gasteiger partial charge in [-0.05, 0) is 55.2 Å². The smallest absolute Gasteiger partial charge is 0.163 e. The maximum Gasteiger partial charge on any atom is 0.163 e. The van der Waals surface area contributed by atoms with E-state index in [0.29, 0.717) is 12.5 Å². The summed E-state index contributed by atoms with van der Waals surface area (Å²) >= 11 is 0. The zero-order chi connectivity index (χ0) is 13.8. The molecule has 3 nitrogen and oxygen atoms in total. The quantitative estimate of drug-likeness (QED) is 0.753. The molecule has 20 heavy (non-hydrogen) atoms. The topological polar surface area (TPSA) is 39.2 Å². The zero-order valence-electron chi connectivity index (χ0n) is 11.3. The molecule has 1 aliphatic rings. The second kappa shape index (κ2) is 5.87. The molecular weight excluding hydrogens is 250 g/mol. The molecule has 0 bridgehead atoms. The molecule has 0 atom stereocenters. The van der Waals surface area contributed by atoms with Crippen LogP contribution in [0.15, 0.2) is 48.8 Å². The van der Waals surface area contributed by atoms with Crippen molar-refractivity contribution in [3.05, 3.63) is 59.9 Å². The van der Waals surface area contributed by atoms with Crippen molar-refractivity contribution in [3.8, 4) is 5.75 Å². The van der Waals surface area contributed by atoms with E-state index >= 15 is 0 Å². The average molecular weight is 267 g/mol. The van der Waals surface area contributed by atoms with Crippen LogP contribution in [0.2, 0.25) is 0 Å². The van der Waals surface area contributed by atoms with Crippen molar-refractivity contribution < 1.29 is 9.53 Å². The summed E-state index contributed by atoms with van der Waals surface area (Å²) < 4.78 is 5.67. The minimum absolute atomic E-state index is 0.159. The predicted molar refractivity (Wildman–Crippen MR) is 77.0 cm³/mol. The summed E-state index contributed by atoms with van der Waals surface area (Å²) in [6, 6.07) is 11.4. The van der Waals surface area contributed by atoms with E-state index in [4.69, 9.17) is 4.74 Å². The van der Waals surface area contributed by atoms with Gasteiger partial charge in [-0.15, -0.1) is 0 Å². The number of ether oxygens (including phenoxy) is 1. The Balaban J connectivity index is 1.56. The number of Topliss-reactive ketones (excluding diaryl/α,β-unsaturated/α-hetero) is 1. The van der Waals surface area contributed by atoms with Crippen molar-refractivity contribution in [2.24, 2.45) is 0 Å². The van der Waals surface area contributed by atoms with Gasteiger partial charge in [0.05, 0.1) is 6.10 Å². The maximum atomic E-state index is 12.1. The van der Waals surface area contributed by atoms with Crippen molar-refractivity contribution in [1.29, 1.82) is 0 Å². The predicted octanol–water partition coefficient (Wildman–Crippen LogP) is 3.44. The van der Waals surface area contributed by atoms with Crippen LogP contribution >= 0.6 is 0 Å². The molecule has 1 aliphatic carbocycles. The lowest BCUT2D eigenvalue weighted by Crippen LogP contribution is -2.02. The normalized spacial score (nSPS) is 14.0. The number of carbonyl (C=O) groups excluding carboxylic acids is 1. The van der Waals surface area contributed by atoms with Crippen LogP contribution in [0.4, 0.5) is 0 Å². The highest BCUT2D eigenvalue weighted by atomic mass is 16.5. The lowest BCUT2D eigenvalue weighted by Gasteiger charge is -2.05. The Morgan fingerprint density at radius 3 is 2.65 bits per heavy atom. The first-order valence-corrected chi connectivity index (χ1v) is 7.00. The van der Waals surface area contributed by atoms with E-state index in [9.17, 15) is 4.79 Å². The second-order valence-electron chi connectivity index (χ2n) is 5.13. The molecule has 2 aromatic rings. The number of benzene rings is 1. The number of nitrogens with zero attached hydrogens (tertiary/aromatic N) is 1. The molecule has 3 rings (SSSR count). The van der Waals surface area contributed by atoms with E-state index in [1.807, 2.05) is 36.4 Å². The number of aryl methyl sites for hydroxylation is 1. The molecule has 3 heteroatoms. The number of rotatable bonds is 6. The van der Waals surface area contributed by atoms with Crippen LogP contribution in [0.5, 0.6) is 5.75 Å². The van der Waals surface area contributed by atoms with Crippen LogP contribution in [0.25, 0.3) is 0 Å². The lowest BCUT2D eigenvalue weighted by molar-refractivity contribution is 0.0983. The molecule has 0 N–H and O–H groups in total. The fraction of sp³-hybridized carbons (Fsp3) is 0.294. The van der Waals surface area contributed by atoms with Gasteiger partial charge in [-0.3, -0.25) is 9.78 Å². The number of ketones is 1. The van der Waals surface area contributed by atoms with E-state index in [0.717, 1.165) is 36.1 Å². The Labute approximate surface area is 118 Å². The molecule has 0 aliphatic heterocycles. The summed E-state index contributed by atoms with van der Waals surface area (Å²) in [6.07, 6.45) is 7.46. The van der Waals surface area contributed by atoms with Crippen LogP contribution in [-0.4, -0.2) is 16.9 Å². The van der Waals surface area contributed by atoms with E-state index in [-0.39, 0.29) is 5.78 Å². The number of pyridine rings is 1. The molecule has 0 unspecified atom stereocenters. The summed E-state index contributed by atoms with van der Waals surface area (Å²) in [5.74, 6) is 1.02. The van der Waals surface area contributed by atoms with E-state index in [2.05, 4.69) is 4.98 Å². The number of carbonyl (C=O) groups is 1. The summed E-state index contributed by atoms with van der Waals surface area (Å²) in [7, 11) is 0. The van der Waals surface area contributed by atoms with Crippen molar-refractivity contribution in [2.75, 3.05) is 0 Å². The van der Waals surface area contributed by atoms with Gasteiger partial charge < -0.3 is 4.74 Å². The Bertz CT molecular complexity index is 574. The van der Waals surface area contributed by atoms with Crippen LogP contribution < -0.4 is 4.74 Å². The Morgan fingerprint density at radius 1 is 1.20 bits per heavy atom. The number of aromatic nitrogens is 1. The van der Waals surface area contributed by atoms with Gasteiger partial charge in [0.2, 0.25) is 0 Å². The third-order valence-electron chi connectivity index (χ3n) is 3.37. The summed E-state index contributed by atoms with van der Waals surface area (Å²) in [5.41, 5.74) is 1.84. The van der Waals surface area contributed by atoms with Gasteiger partial charge in [-0.25, -0.2) is 0 Å². The first-order chi connectivity index (χ1) is 9.81. The van der Waals surface area contributed by atoms with Crippen molar-refractivity contribution in [1.82, 2.24) is 4.98 Å². The molecular formula is C17H17NO2. The summed E-state index contributed by atoms with van der Waals surface area (Å²) in [4.78, 5) is 16.2. The summed E-state index contributed by atoms with van der Waals surface area (Å²) in [5, 5.41) is 0. The minimum Gasteiger partial charge on any atom is -0.490 e. The molecule has 1 heterocycles. The third-order valence-corrected chi connectivity index (χ3v) is 3.37. The van der Waals surface area contributed by atoms with Crippen LogP contribution in [0, 0.1) is 0 Å². The van der Waals surface area contributed by atoms with E-state index in [1.165, 1.54) is 0 Å². The van der Waals surface area contributed by atoms with Gasteiger partial charge in [-0.2, -0.15) is 0 Å². The molecule has 102 valence electrons. The number of hydrogen-bond donors (Lipinski definition) is 0. The van der Waals surface area contributed by atoms with E-state index < -0.39 is 0 Å². The third kappa shape index (κ3) is 3.44. The van der Waals surface area contributed by atoms with Gasteiger partial charge in [0.1, 0.15) is 5.75 Å². The molecule has 0 spiro atoms. The zero-order valence-corrected chi connectivity index (χ0v) is 11.3. The minimum atomic E-state index is 0.159. The van der Waals surface area contributed by atoms with Crippen LogP contribution in [-0.2, 0) is 6.42 Å². The van der Waals surface area contributed by atoms with Gasteiger partial charge in [0, 0.05) is 24.4 Å². The Kier molecular flexibility index (Phi) is 3.77.